The lowest BCUT2D eigenvalue weighted by atomic mass is 9.78. The number of fused-ring (bicyclic) bond motifs is 1. The van der Waals surface area contributed by atoms with E-state index in [1.807, 2.05) is 4.90 Å². The number of hydrogen-bond donors (Lipinski definition) is 3. The minimum atomic E-state index is -1.13. The average Bonchev–Trinajstić information content (AvgIpc) is 2.54. The van der Waals surface area contributed by atoms with Crippen molar-refractivity contribution in [2.24, 2.45) is 0 Å². The Balaban J connectivity index is 1.86. The zero-order valence-electron chi connectivity index (χ0n) is 13.6. The first-order valence-electron chi connectivity index (χ1n) is 8.16. The summed E-state index contributed by atoms with van der Waals surface area (Å²) in [4.78, 5) is 13.7. The lowest BCUT2D eigenvalue weighted by molar-refractivity contribution is 0.0679. The van der Waals surface area contributed by atoms with E-state index in [0.717, 1.165) is 24.9 Å². The zero-order valence-corrected chi connectivity index (χ0v) is 13.6. The molecule has 8 heteroatoms. The monoisotopic (exact) mass is 332 g/mol. The Morgan fingerprint density at radius 2 is 2.29 bits per heavy atom. The van der Waals surface area contributed by atoms with Crippen molar-refractivity contribution in [1.82, 2.24) is 4.90 Å². The van der Waals surface area contributed by atoms with Crippen molar-refractivity contribution in [2.45, 2.75) is 38.6 Å². The topological polar surface area (TPSA) is 103 Å². The van der Waals surface area contributed by atoms with Gasteiger partial charge < -0.3 is 24.4 Å². The van der Waals surface area contributed by atoms with Crippen LogP contribution in [0.15, 0.2) is 12.1 Å². The fourth-order valence-corrected chi connectivity index (χ4v) is 3.23. The molecule has 2 aliphatic rings. The molecule has 7 nitrogen and oxygen atoms in total. The molecule has 3 rings (SSSR count). The number of likely N-dealkylation sites (tertiary alicyclic amines) is 1. The van der Waals surface area contributed by atoms with Crippen molar-refractivity contribution in [1.29, 1.82) is 5.41 Å². The van der Waals surface area contributed by atoms with E-state index < -0.39 is 13.1 Å². The van der Waals surface area contributed by atoms with E-state index in [2.05, 4.69) is 0 Å². The Bertz CT molecular complexity index is 666. The van der Waals surface area contributed by atoms with Gasteiger partial charge in [-0.2, -0.15) is 0 Å². The number of rotatable bonds is 3. The number of amidine groups is 1. The Morgan fingerprint density at radius 3 is 3.00 bits per heavy atom. The first kappa shape index (κ1) is 16.6. The van der Waals surface area contributed by atoms with E-state index >= 15 is 0 Å². The summed E-state index contributed by atoms with van der Waals surface area (Å²) >= 11 is 0. The number of carboxylic acid groups (broad SMARTS) is 1. The van der Waals surface area contributed by atoms with Gasteiger partial charge in [0.15, 0.2) is 0 Å². The first-order chi connectivity index (χ1) is 11.5. The van der Waals surface area contributed by atoms with Gasteiger partial charge in [0.25, 0.3) is 0 Å². The van der Waals surface area contributed by atoms with Gasteiger partial charge in [-0.25, -0.2) is 4.79 Å². The molecule has 128 valence electrons. The van der Waals surface area contributed by atoms with Crippen LogP contribution >= 0.6 is 0 Å². The average molecular weight is 332 g/mol. The summed E-state index contributed by atoms with van der Waals surface area (Å²) in [6, 6.07) is 3.46. The van der Waals surface area contributed by atoms with Crippen LogP contribution < -0.4 is 9.39 Å². The summed E-state index contributed by atoms with van der Waals surface area (Å²) < 4.78 is 11.3. The molecule has 1 fully saturated rings. The quantitative estimate of drug-likeness (QED) is 0.442. The second-order valence-electron chi connectivity index (χ2n) is 6.26. The van der Waals surface area contributed by atoms with Gasteiger partial charge in [-0.1, -0.05) is 6.07 Å². The molecule has 0 amide bonds. The van der Waals surface area contributed by atoms with Crippen LogP contribution in [0.4, 0.5) is 0 Å². The third kappa shape index (κ3) is 3.33. The molecule has 0 aromatic heterocycles. The van der Waals surface area contributed by atoms with Crippen molar-refractivity contribution < 1.29 is 24.3 Å². The van der Waals surface area contributed by atoms with Crippen LogP contribution in [-0.2, 0) is 6.42 Å². The Kier molecular flexibility index (Phi) is 4.66. The summed E-state index contributed by atoms with van der Waals surface area (Å²) in [5.74, 6) is -0.190. The number of benzene rings is 1. The number of carbonyl (C=O) groups is 1. The second kappa shape index (κ2) is 6.72. The van der Waals surface area contributed by atoms with Crippen molar-refractivity contribution in [3.05, 3.63) is 23.3 Å². The predicted octanol–water partition coefficient (Wildman–Crippen LogP) is 1.64. The Hall–Kier alpha value is -2.22. The molecule has 0 bridgehead atoms. The molecule has 3 N–H and O–H groups in total. The maximum Gasteiger partial charge on any atom is 0.522 e. The van der Waals surface area contributed by atoms with Crippen LogP contribution in [0.5, 0.6) is 11.5 Å². The minimum absolute atomic E-state index is 0.0325. The third-order valence-electron chi connectivity index (χ3n) is 4.48. The van der Waals surface area contributed by atoms with Gasteiger partial charge in [0.05, 0.1) is 12.4 Å². The highest BCUT2D eigenvalue weighted by Crippen LogP contribution is 2.37. The molecule has 0 spiro atoms. The molecular weight excluding hydrogens is 311 g/mol. The van der Waals surface area contributed by atoms with Gasteiger partial charge in [0.1, 0.15) is 23.2 Å². The highest BCUT2D eigenvalue weighted by Gasteiger charge is 2.31. The molecule has 0 unspecified atom stereocenters. The largest absolute Gasteiger partial charge is 0.535 e. The molecule has 1 aromatic rings. The normalized spacial score (nSPS) is 20.2. The van der Waals surface area contributed by atoms with Gasteiger partial charge in [0.2, 0.25) is 0 Å². The summed E-state index contributed by atoms with van der Waals surface area (Å²) in [6.07, 6.45) is 2.54. The van der Waals surface area contributed by atoms with Gasteiger partial charge >= 0.3 is 13.1 Å². The maximum atomic E-state index is 11.7. The zero-order chi connectivity index (χ0) is 17.3. The lowest BCUT2D eigenvalue weighted by Gasteiger charge is -2.34. The van der Waals surface area contributed by atoms with Crippen molar-refractivity contribution in [2.75, 3.05) is 13.1 Å². The van der Waals surface area contributed by atoms with E-state index in [1.165, 1.54) is 0 Å². The molecule has 24 heavy (non-hydrogen) atoms. The Morgan fingerprint density at radius 1 is 1.50 bits per heavy atom. The van der Waals surface area contributed by atoms with Crippen molar-refractivity contribution in [3.8, 4) is 11.5 Å². The molecule has 0 aliphatic carbocycles. The third-order valence-corrected chi connectivity index (χ3v) is 4.48. The highest BCUT2D eigenvalue weighted by molar-refractivity contribution is 6.44. The summed E-state index contributed by atoms with van der Waals surface area (Å²) in [5.41, 5.74) is 0.737. The van der Waals surface area contributed by atoms with Crippen LogP contribution in [0, 0.1) is 5.41 Å². The molecular formula is C16H21BN2O5. The summed E-state index contributed by atoms with van der Waals surface area (Å²) in [5, 5.41) is 27.0. The fraction of sp³-hybridized carbons (Fsp3) is 0.500. The molecule has 0 saturated carbocycles. The van der Waals surface area contributed by atoms with Crippen molar-refractivity contribution >= 4 is 18.9 Å². The van der Waals surface area contributed by atoms with E-state index in [1.54, 1.807) is 19.1 Å². The molecule has 1 saturated heterocycles. The van der Waals surface area contributed by atoms with E-state index in [9.17, 15) is 14.9 Å². The van der Waals surface area contributed by atoms with Crippen molar-refractivity contribution in [3.63, 3.8) is 0 Å². The summed E-state index contributed by atoms with van der Waals surface area (Å²) in [6.45, 7) is 3.12. The van der Waals surface area contributed by atoms with Gasteiger partial charge in [0, 0.05) is 6.54 Å². The number of ether oxygens (including phenoxy) is 1. The molecule has 2 aliphatic heterocycles. The number of aryl methyl sites for hydroxylation is 1. The number of piperidine rings is 1. The van der Waals surface area contributed by atoms with E-state index in [4.69, 9.17) is 14.8 Å². The Labute approximate surface area is 140 Å². The fourth-order valence-electron chi connectivity index (χ4n) is 3.23. The lowest BCUT2D eigenvalue weighted by Crippen LogP contribution is -2.43. The molecule has 0 radical (unpaired) electrons. The van der Waals surface area contributed by atoms with Crippen LogP contribution in [-0.4, -0.2) is 53.1 Å². The number of nitrogens with one attached hydrogen (secondary N) is 1. The van der Waals surface area contributed by atoms with Crippen LogP contribution in [0.2, 0.25) is 6.32 Å². The molecule has 2 heterocycles. The minimum Gasteiger partial charge on any atom is -0.535 e. The molecule has 1 aromatic carbocycles. The second-order valence-corrected chi connectivity index (χ2v) is 6.26. The SMILES string of the molecule is CC(=N)N1CCC[C@@H](Oc2ccc3c(c2C(=O)O)OB(O)CC3)C1. The van der Waals surface area contributed by atoms with Crippen LogP contribution in [0.1, 0.15) is 35.7 Å². The maximum absolute atomic E-state index is 11.7. The number of aromatic carboxylic acids is 1. The highest BCUT2D eigenvalue weighted by atomic mass is 16.5. The number of hydrogen-bond acceptors (Lipinski definition) is 5. The smallest absolute Gasteiger partial charge is 0.522 e. The number of nitrogens with zero attached hydrogens (tertiary/aromatic N) is 1. The van der Waals surface area contributed by atoms with E-state index in [-0.39, 0.29) is 23.2 Å². The van der Waals surface area contributed by atoms with Gasteiger partial charge in [-0.15, -0.1) is 0 Å². The standard InChI is InChI=1S/C16H21BN2O5/c1-10(18)19-8-2-3-12(9-19)23-13-5-4-11-6-7-17(22)24-15(11)14(13)16(20)21/h4-5,12,18,22H,2-3,6-9H2,1H3,(H,20,21)/t12-/m1/s1. The van der Waals surface area contributed by atoms with Gasteiger partial charge in [-0.3, -0.25) is 5.41 Å². The summed E-state index contributed by atoms with van der Waals surface area (Å²) in [7, 11) is -0.989. The van der Waals surface area contributed by atoms with Gasteiger partial charge in [-0.05, 0) is 44.1 Å². The predicted molar refractivity (Wildman–Crippen MR) is 89.1 cm³/mol. The van der Waals surface area contributed by atoms with Crippen LogP contribution in [0.3, 0.4) is 0 Å². The van der Waals surface area contributed by atoms with Crippen LogP contribution in [0.25, 0.3) is 0 Å². The first-order valence-corrected chi connectivity index (χ1v) is 8.16. The van der Waals surface area contributed by atoms with E-state index in [0.29, 0.717) is 25.1 Å². The number of carboxylic acids is 1. The molecule has 1 atom stereocenters.